The van der Waals surface area contributed by atoms with Crippen LogP contribution in [0.3, 0.4) is 0 Å². The van der Waals surface area contributed by atoms with Crippen molar-refractivity contribution in [1.82, 2.24) is 0 Å². The Hall–Kier alpha value is -2.00. The molecule has 1 aliphatic rings. The van der Waals surface area contributed by atoms with Gasteiger partial charge in [0.25, 0.3) is 0 Å². The minimum absolute atomic E-state index is 0.567. The summed E-state index contributed by atoms with van der Waals surface area (Å²) < 4.78 is 0. The Morgan fingerprint density at radius 1 is 0.588 bits per heavy atom. The lowest BCUT2D eigenvalue weighted by Crippen LogP contribution is -2.12. The average molecular weight is 457 g/mol. The summed E-state index contributed by atoms with van der Waals surface area (Å²) in [4.78, 5) is 0. The Morgan fingerprint density at radius 2 is 1.09 bits per heavy atom. The summed E-state index contributed by atoms with van der Waals surface area (Å²) in [6.07, 6.45) is 21.1. The molecular weight excluding hydrogens is 408 g/mol. The number of aryl methyl sites for hydroxylation is 2. The molecule has 0 saturated heterocycles. The number of benzene rings is 2. The molecule has 0 nitrogen and oxygen atoms in total. The Morgan fingerprint density at radius 3 is 1.68 bits per heavy atom. The maximum absolute atomic E-state index is 3.59. The van der Waals surface area contributed by atoms with Gasteiger partial charge in [0.05, 0.1) is 0 Å². The summed E-state index contributed by atoms with van der Waals surface area (Å²) in [5, 5.41) is 0. The third-order valence-corrected chi connectivity index (χ3v) is 7.69. The maximum atomic E-state index is 3.59. The van der Waals surface area contributed by atoms with Crippen LogP contribution in [0.15, 0.2) is 48.5 Å². The Bertz CT molecular complexity index is 838. The predicted octanol–water partition coefficient (Wildman–Crippen LogP) is 10.0. The fraction of sp³-hybridized carbons (Fsp3) is 0.588. The first-order valence-electron chi connectivity index (χ1n) is 14.5. The van der Waals surface area contributed by atoms with Gasteiger partial charge in [-0.15, -0.1) is 0 Å². The topological polar surface area (TPSA) is 0 Å². The molecule has 34 heavy (non-hydrogen) atoms. The molecule has 0 unspecified atom stereocenters. The molecule has 0 heterocycles. The summed E-state index contributed by atoms with van der Waals surface area (Å²) in [6.45, 7) is 4.56. The molecule has 0 amide bonds. The van der Waals surface area contributed by atoms with Crippen molar-refractivity contribution in [1.29, 1.82) is 0 Å². The number of unbranched alkanes of at least 4 members (excludes halogenated alkanes) is 8. The van der Waals surface area contributed by atoms with Gasteiger partial charge in [0.2, 0.25) is 0 Å². The number of hydrogen-bond donors (Lipinski definition) is 0. The van der Waals surface area contributed by atoms with Gasteiger partial charge in [0.15, 0.2) is 0 Å². The van der Waals surface area contributed by atoms with Crippen molar-refractivity contribution in [3.63, 3.8) is 0 Å². The molecule has 0 N–H and O–H groups in total. The number of rotatable bonds is 13. The van der Waals surface area contributed by atoms with E-state index in [1.165, 1.54) is 119 Å². The van der Waals surface area contributed by atoms with Crippen molar-refractivity contribution >= 4 is 0 Å². The van der Waals surface area contributed by atoms with Gasteiger partial charge in [-0.25, -0.2) is 0 Å². The molecule has 2 aromatic rings. The van der Waals surface area contributed by atoms with Crippen molar-refractivity contribution in [2.24, 2.45) is 5.92 Å². The van der Waals surface area contributed by atoms with Gasteiger partial charge in [-0.3, -0.25) is 0 Å². The van der Waals surface area contributed by atoms with Crippen molar-refractivity contribution < 1.29 is 0 Å². The molecule has 3 rings (SSSR count). The van der Waals surface area contributed by atoms with Gasteiger partial charge in [-0.2, -0.15) is 0 Å². The lowest BCUT2D eigenvalue weighted by molar-refractivity contribution is 0.384. The summed E-state index contributed by atoms with van der Waals surface area (Å²) >= 11 is 0. The second kappa shape index (κ2) is 15.8. The first-order valence-corrected chi connectivity index (χ1v) is 14.5. The van der Waals surface area contributed by atoms with Crippen LogP contribution in [0.2, 0.25) is 0 Å². The highest BCUT2D eigenvalue weighted by atomic mass is 14.2. The van der Waals surface area contributed by atoms with E-state index in [2.05, 4.69) is 74.2 Å². The second-order valence-corrected chi connectivity index (χ2v) is 10.6. The normalized spacial score (nSPS) is 17.8. The van der Waals surface area contributed by atoms with E-state index in [-0.39, 0.29) is 0 Å². The van der Waals surface area contributed by atoms with Crippen LogP contribution in [-0.4, -0.2) is 0 Å². The van der Waals surface area contributed by atoms with Crippen LogP contribution in [0.4, 0.5) is 0 Å². The molecule has 2 aromatic carbocycles. The smallest absolute Gasteiger partial charge is 0.0245 e. The molecule has 1 fully saturated rings. The average Bonchev–Trinajstić information content (AvgIpc) is 2.89. The Kier molecular flexibility index (Phi) is 12.4. The van der Waals surface area contributed by atoms with E-state index >= 15 is 0 Å². The molecule has 184 valence electrons. The highest BCUT2D eigenvalue weighted by Crippen LogP contribution is 2.35. The molecule has 0 atom stereocenters. The quantitative estimate of drug-likeness (QED) is 0.208. The molecule has 0 aliphatic heterocycles. The van der Waals surface area contributed by atoms with E-state index in [0.717, 1.165) is 5.92 Å². The van der Waals surface area contributed by atoms with Crippen LogP contribution in [0.5, 0.6) is 0 Å². The van der Waals surface area contributed by atoms with Crippen molar-refractivity contribution in [3.8, 4) is 11.8 Å². The fourth-order valence-corrected chi connectivity index (χ4v) is 5.33. The van der Waals surface area contributed by atoms with Gasteiger partial charge in [0.1, 0.15) is 0 Å². The molecule has 0 spiro atoms. The van der Waals surface area contributed by atoms with Crippen LogP contribution in [0, 0.1) is 17.8 Å². The lowest BCUT2D eigenvalue weighted by atomic mass is 9.78. The van der Waals surface area contributed by atoms with Crippen molar-refractivity contribution in [2.45, 2.75) is 122 Å². The van der Waals surface area contributed by atoms with E-state index in [1.54, 1.807) is 5.56 Å². The largest absolute Gasteiger partial charge is 0.0945 e. The zero-order valence-electron chi connectivity index (χ0n) is 22.1. The summed E-state index contributed by atoms with van der Waals surface area (Å²) in [6, 6.07) is 18.6. The first-order chi connectivity index (χ1) is 16.8. The zero-order chi connectivity index (χ0) is 23.8. The van der Waals surface area contributed by atoms with Crippen molar-refractivity contribution in [3.05, 3.63) is 70.8 Å². The predicted molar refractivity (Wildman–Crippen MR) is 149 cm³/mol. The van der Waals surface area contributed by atoms with Gasteiger partial charge < -0.3 is 0 Å². The van der Waals surface area contributed by atoms with Gasteiger partial charge in [0, 0.05) is 11.5 Å². The van der Waals surface area contributed by atoms with Crippen molar-refractivity contribution in [2.75, 3.05) is 0 Å². The molecule has 0 heteroatoms. The standard InChI is InChI=1S/C34H48/c1-3-5-7-9-10-12-14-29-15-17-31(18-16-29)19-20-32-23-27-34(28-24-32)33-25-21-30(22-26-33)13-11-8-6-4-2/h15-18,21-22,25-26,32,34H,3-14,23-24,27-28H2,1-2H3/t32-,34-. The van der Waals surface area contributed by atoms with Crippen LogP contribution in [0.1, 0.15) is 132 Å². The molecule has 1 aliphatic carbocycles. The highest BCUT2D eigenvalue weighted by Gasteiger charge is 2.21. The minimum atomic E-state index is 0.567. The minimum Gasteiger partial charge on any atom is -0.0945 e. The van der Waals surface area contributed by atoms with E-state index in [0.29, 0.717) is 5.92 Å². The van der Waals surface area contributed by atoms with E-state index < -0.39 is 0 Å². The third-order valence-electron chi connectivity index (χ3n) is 7.69. The van der Waals surface area contributed by atoms with Gasteiger partial charge >= 0.3 is 0 Å². The summed E-state index contributed by atoms with van der Waals surface area (Å²) in [7, 11) is 0. The van der Waals surface area contributed by atoms with Crippen LogP contribution < -0.4 is 0 Å². The van der Waals surface area contributed by atoms with E-state index in [4.69, 9.17) is 0 Å². The van der Waals surface area contributed by atoms with E-state index in [9.17, 15) is 0 Å². The van der Waals surface area contributed by atoms with Gasteiger partial charge in [-0.1, -0.05) is 113 Å². The monoisotopic (exact) mass is 456 g/mol. The fourth-order valence-electron chi connectivity index (χ4n) is 5.33. The highest BCUT2D eigenvalue weighted by molar-refractivity contribution is 5.37. The third kappa shape index (κ3) is 9.70. The van der Waals surface area contributed by atoms with Crippen LogP contribution in [-0.2, 0) is 12.8 Å². The van der Waals surface area contributed by atoms with E-state index in [1.807, 2.05) is 0 Å². The molecule has 1 saturated carbocycles. The van der Waals surface area contributed by atoms with Gasteiger partial charge in [-0.05, 0) is 86.1 Å². The first kappa shape index (κ1) is 26.6. The molecule has 0 radical (unpaired) electrons. The summed E-state index contributed by atoms with van der Waals surface area (Å²) in [5.41, 5.74) is 5.71. The second-order valence-electron chi connectivity index (χ2n) is 10.6. The number of hydrogen-bond acceptors (Lipinski definition) is 0. The Balaban J connectivity index is 1.37. The van der Waals surface area contributed by atoms with Crippen LogP contribution >= 0.6 is 0 Å². The molecular formula is C34H48. The van der Waals surface area contributed by atoms with Crippen LogP contribution in [0.25, 0.3) is 0 Å². The zero-order valence-corrected chi connectivity index (χ0v) is 22.1. The Labute approximate surface area is 211 Å². The summed E-state index contributed by atoms with van der Waals surface area (Å²) in [5.74, 6) is 8.36. The lowest BCUT2D eigenvalue weighted by Gasteiger charge is -2.26. The molecule has 0 aromatic heterocycles. The SMILES string of the molecule is CCCCCCCCc1ccc(C#C[C@H]2CC[C@H](c3ccc(CCCCCC)cc3)CC2)cc1. The molecule has 0 bridgehead atoms. The maximum Gasteiger partial charge on any atom is 0.0245 e.